The third-order valence-corrected chi connectivity index (χ3v) is 2.04. The Morgan fingerprint density at radius 1 is 1.56 bits per heavy atom. The first-order valence-electron chi connectivity index (χ1n) is 4.96. The molecule has 1 rings (SSSR count). The van der Waals surface area contributed by atoms with Crippen molar-refractivity contribution in [3.05, 3.63) is 41.7 Å². The summed E-state index contributed by atoms with van der Waals surface area (Å²) in [4.78, 5) is 11.3. The van der Waals surface area contributed by atoms with Gasteiger partial charge in [0.15, 0.2) is 0 Å². The van der Waals surface area contributed by atoms with E-state index in [0.717, 1.165) is 0 Å². The number of allylic oxidation sites excluding steroid dienone is 1. The highest BCUT2D eigenvalue weighted by molar-refractivity contribution is 5.94. The molecule has 0 aliphatic rings. The number of nitrogens with one attached hydrogen (secondary N) is 1. The van der Waals surface area contributed by atoms with Gasteiger partial charge in [-0.15, -0.1) is 0 Å². The molecule has 0 aliphatic heterocycles. The van der Waals surface area contributed by atoms with E-state index in [1.807, 2.05) is 0 Å². The number of aliphatic hydroxyl groups excluding tert-OH is 1. The van der Waals surface area contributed by atoms with Gasteiger partial charge in [0.1, 0.15) is 5.82 Å². The van der Waals surface area contributed by atoms with E-state index in [4.69, 9.17) is 5.11 Å². The lowest BCUT2D eigenvalue weighted by atomic mass is 10.1. The summed E-state index contributed by atoms with van der Waals surface area (Å²) in [7, 11) is 0. The average Bonchev–Trinajstić information content (AvgIpc) is 2.26. The van der Waals surface area contributed by atoms with Crippen LogP contribution in [0.3, 0.4) is 0 Å². The van der Waals surface area contributed by atoms with Gasteiger partial charge in [-0.25, -0.2) is 4.39 Å². The lowest BCUT2D eigenvalue weighted by molar-refractivity contribution is -0.116. The Hall–Kier alpha value is -1.68. The predicted molar refractivity (Wildman–Crippen MR) is 60.1 cm³/mol. The van der Waals surface area contributed by atoms with Gasteiger partial charge in [0, 0.05) is 12.6 Å². The Morgan fingerprint density at radius 2 is 2.31 bits per heavy atom. The van der Waals surface area contributed by atoms with Crippen molar-refractivity contribution in [3.63, 3.8) is 0 Å². The molecule has 1 aromatic rings. The molecule has 4 heteroatoms. The summed E-state index contributed by atoms with van der Waals surface area (Å²) in [6.45, 7) is 1.84. The molecule has 3 nitrogen and oxygen atoms in total. The van der Waals surface area contributed by atoms with Crippen LogP contribution in [0.25, 0.3) is 5.57 Å². The van der Waals surface area contributed by atoms with Crippen molar-refractivity contribution in [1.29, 1.82) is 0 Å². The largest absolute Gasteiger partial charge is 0.395 e. The van der Waals surface area contributed by atoms with Gasteiger partial charge in [-0.05, 0) is 30.2 Å². The molecule has 0 aliphatic carbocycles. The van der Waals surface area contributed by atoms with Crippen molar-refractivity contribution in [2.24, 2.45) is 0 Å². The summed E-state index contributed by atoms with van der Waals surface area (Å²) in [5.41, 5.74) is 1.34. The van der Waals surface area contributed by atoms with E-state index in [0.29, 0.717) is 11.1 Å². The Balaban J connectivity index is 2.73. The van der Waals surface area contributed by atoms with Crippen LogP contribution in [0.2, 0.25) is 0 Å². The van der Waals surface area contributed by atoms with Gasteiger partial charge in [-0.2, -0.15) is 0 Å². The molecule has 0 atom stereocenters. The summed E-state index contributed by atoms with van der Waals surface area (Å²) in [6.07, 6.45) is 1.38. The van der Waals surface area contributed by atoms with Crippen molar-refractivity contribution in [2.45, 2.75) is 6.92 Å². The second-order valence-electron chi connectivity index (χ2n) is 3.35. The summed E-state index contributed by atoms with van der Waals surface area (Å²) in [5.74, 6) is -0.628. The monoisotopic (exact) mass is 223 g/mol. The standard InChI is InChI=1S/C12H14FNO2/c1-9(7-12(16)14-5-6-15)10-3-2-4-11(13)8-10/h2-4,7-8,15H,5-6H2,1H3,(H,14,16)/b9-7-. The zero-order valence-electron chi connectivity index (χ0n) is 9.03. The molecule has 2 N–H and O–H groups in total. The number of hydrogen-bond acceptors (Lipinski definition) is 2. The number of carbonyl (C=O) groups excluding carboxylic acids is 1. The fourth-order valence-electron chi connectivity index (χ4n) is 1.24. The van der Waals surface area contributed by atoms with Gasteiger partial charge < -0.3 is 10.4 Å². The zero-order chi connectivity index (χ0) is 12.0. The number of benzene rings is 1. The van der Waals surface area contributed by atoms with Crippen LogP contribution in [0.4, 0.5) is 4.39 Å². The Kier molecular flexibility index (Phi) is 4.66. The first-order valence-corrected chi connectivity index (χ1v) is 4.96. The molecule has 0 unspecified atom stereocenters. The van der Waals surface area contributed by atoms with E-state index in [9.17, 15) is 9.18 Å². The summed E-state index contributed by atoms with van der Waals surface area (Å²) in [6, 6.07) is 6.04. The molecule has 0 heterocycles. The predicted octanol–water partition coefficient (Wildman–Crippen LogP) is 1.34. The molecule has 1 aromatic carbocycles. The Labute approximate surface area is 93.6 Å². The van der Waals surface area contributed by atoms with E-state index in [2.05, 4.69) is 5.32 Å². The fourth-order valence-corrected chi connectivity index (χ4v) is 1.24. The summed E-state index contributed by atoms with van der Waals surface area (Å²) >= 11 is 0. The second-order valence-corrected chi connectivity index (χ2v) is 3.35. The van der Waals surface area contributed by atoms with Gasteiger partial charge >= 0.3 is 0 Å². The highest BCUT2D eigenvalue weighted by Gasteiger charge is 2.00. The minimum absolute atomic E-state index is 0.0986. The number of amides is 1. The minimum atomic E-state index is -0.332. The van der Waals surface area contributed by atoms with Crippen molar-refractivity contribution in [2.75, 3.05) is 13.2 Å². The third kappa shape index (κ3) is 3.82. The lowest BCUT2D eigenvalue weighted by Gasteiger charge is -2.02. The molecule has 0 bridgehead atoms. The number of halogens is 1. The SMILES string of the molecule is C/C(=C/C(=O)NCCO)c1cccc(F)c1. The molecule has 0 spiro atoms. The molecule has 0 radical (unpaired) electrons. The van der Waals surface area contributed by atoms with Crippen molar-refractivity contribution >= 4 is 11.5 Å². The van der Waals surface area contributed by atoms with Crippen LogP contribution >= 0.6 is 0 Å². The number of hydrogen-bond donors (Lipinski definition) is 2. The topological polar surface area (TPSA) is 49.3 Å². The van der Waals surface area contributed by atoms with Gasteiger partial charge in [0.2, 0.25) is 5.91 Å². The first-order chi connectivity index (χ1) is 7.63. The fraction of sp³-hybridized carbons (Fsp3) is 0.250. The molecular formula is C12H14FNO2. The quantitative estimate of drug-likeness (QED) is 0.757. The van der Waals surface area contributed by atoms with Gasteiger partial charge in [0.25, 0.3) is 0 Å². The first kappa shape index (κ1) is 12.4. The minimum Gasteiger partial charge on any atom is -0.395 e. The van der Waals surface area contributed by atoms with Crippen LogP contribution in [0.5, 0.6) is 0 Å². The van der Waals surface area contributed by atoms with Crippen LogP contribution in [0.1, 0.15) is 12.5 Å². The maximum Gasteiger partial charge on any atom is 0.244 e. The number of carbonyl (C=O) groups is 1. The second kappa shape index (κ2) is 6.02. The van der Waals surface area contributed by atoms with Crippen LogP contribution in [-0.2, 0) is 4.79 Å². The van der Waals surface area contributed by atoms with Crippen LogP contribution < -0.4 is 5.32 Å². The Morgan fingerprint density at radius 3 is 2.94 bits per heavy atom. The molecule has 0 saturated carbocycles. The van der Waals surface area contributed by atoms with Gasteiger partial charge in [-0.3, -0.25) is 4.79 Å². The summed E-state index contributed by atoms with van der Waals surface area (Å²) in [5, 5.41) is 11.0. The lowest BCUT2D eigenvalue weighted by Crippen LogP contribution is -2.24. The third-order valence-electron chi connectivity index (χ3n) is 2.04. The maximum atomic E-state index is 12.9. The molecular weight excluding hydrogens is 209 g/mol. The van der Waals surface area contributed by atoms with E-state index in [1.54, 1.807) is 19.1 Å². The molecule has 0 fully saturated rings. The van der Waals surface area contributed by atoms with E-state index in [-0.39, 0.29) is 24.9 Å². The van der Waals surface area contributed by atoms with Crippen LogP contribution in [0.15, 0.2) is 30.3 Å². The van der Waals surface area contributed by atoms with Crippen molar-refractivity contribution in [3.8, 4) is 0 Å². The molecule has 1 amide bonds. The average molecular weight is 223 g/mol. The van der Waals surface area contributed by atoms with Crippen LogP contribution in [-0.4, -0.2) is 24.2 Å². The zero-order valence-corrected chi connectivity index (χ0v) is 9.03. The smallest absolute Gasteiger partial charge is 0.244 e. The van der Waals surface area contributed by atoms with E-state index in [1.165, 1.54) is 18.2 Å². The molecule has 86 valence electrons. The highest BCUT2D eigenvalue weighted by atomic mass is 19.1. The number of rotatable bonds is 4. The highest BCUT2D eigenvalue weighted by Crippen LogP contribution is 2.14. The maximum absolute atomic E-state index is 12.9. The van der Waals surface area contributed by atoms with E-state index < -0.39 is 0 Å². The van der Waals surface area contributed by atoms with Crippen LogP contribution in [0, 0.1) is 5.82 Å². The van der Waals surface area contributed by atoms with Gasteiger partial charge in [0.05, 0.1) is 6.61 Å². The molecule has 16 heavy (non-hydrogen) atoms. The summed E-state index contributed by atoms with van der Waals surface area (Å²) < 4.78 is 12.9. The van der Waals surface area contributed by atoms with Gasteiger partial charge in [-0.1, -0.05) is 12.1 Å². The van der Waals surface area contributed by atoms with Crippen molar-refractivity contribution in [1.82, 2.24) is 5.32 Å². The Bertz CT molecular complexity index is 402. The molecule has 0 aromatic heterocycles. The normalized spacial score (nSPS) is 11.3. The van der Waals surface area contributed by atoms with Crippen molar-refractivity contribution < 1.29 is 14.3 Å². The van der Waals surface area contributed by atoms with E-state index >= 15 is 0 Å². The molecule has 0 saturated heterocycles. The number of aliphatic hydroxyl groups is 1.